The number of carbonyl (C=O) groups is 4. The van der Waals surface area contributed by atoms with E-state index in [0.29, 0.717) is 10.6 Å². The molecule has 0 saturated heterocycles. The summed E-state index contributed by atoms with van der Waals surface area (Å²) in [7, 11) is 0. The maximum absolute atomic E-state index is 12.7. The summed E-state index contributed by atoms with van der Waals surface area (Å²) in [6, 6.07) is 8.01. The Morgan fingerprint density at radius 1 is 1.09 bits per heavy atom. The number of ether oxygens (including phenoxy) is 1. The number of imide groups is 1. The SMILES string of the molecule is Cc1nnc(N2C(=O)c3ccc(C(=O)OCC(=O)Nc4ccc(C)c([N+](=O)[O-])c4)cc3C2=O)s1. The number of anilines is 2. The lowest BCUT2D eigenvalue weighted by Crippen LogP contribution is -2.29. The van der Waals surface area contributed by atoms with Crippen molar-refractivity contribution in [2.45, 2.75) is 13.8 Å². The van der Waals surface area contributed by atoms with E-state index in [2.05, 4.69) is 15.5 Å². The van der Waals surface area contributed by atoms with Gasteiger partial charge in [-0.3, -0.25) is 24.5 Å². The third kappa shape index (κ3) is 4.23. The van der Waals surface area contributed by atoms with Gasteiger partial charge in [0.05, 0.1) is 21.6 Å². The maximum atomic E-state index is 12.7. The van der Waals surface area contributed by atoms with Gasteiger partial charge in [-0.1, -0.05) is 17.4 Å². The number of amides is 3. The number of aryl methyl sites for hydroxylation is 2. The molecule has 34 heavy (non-hydrogen) atoms. The number of nitrogens with one attached hydrogen (secondary N) is 1. The average Bonchev–Trinajstić information content (AvgIpc) is 3.33. The highest BCUT2D eigenvalue weighted by Gasteiger charge is 2.39. The van der Waals surface area contributed by atoms with E-state index in [1.807, 2.05) is 0 Å². The number of esters is 1. The average molecular weight is 481 g/mol. The molecule has 0 aliphatic carbocycles. The largest absolute Gasteiger partial charge is 0.452 e. The number of aromatic nitrogens is 2. The predicted octanol–water partition coefficient (Wildman–Crippen LogP) is 2.66. The molecule has 0 saturated carbocycles. The second-order valence-corrected chi connectivity index (χ2v) is 8.35. The predicted molar refractivity (Wildman–Crippen MR) is 119 cm³/mol. The van der Waals surface area contributed by atoms with Crippen molar-refractivity contribution >= 4 is 51.5 Å². The van der Waals surface area contributed by atoms with E-state index >= 15 is 0 Å². The van der Waals surface area contributed by atoms with Crippen LogP contribution in [0.25, 0.3) is 0 Å². The molecule has 0 bridgehead atoms. The second kappa shape index (κ2) is 8.78. The van der Waals surface area contributed by atoms with Crippen LogP contribution in [0.1, 0.15) is 41.6 Å². The molecule has 2 aromatic carbocycles. The zero-order chi connectivity index (χ0) is 24.6. The first kappa shape index (κ1) is 22.7. The number of rotatable bonds is 6. The van der Waals surface area contributed by atoms with Crippen molar-refractivity contribution in [2.75, 3.05) is 16.8 Å². The van der Waals surface area contributed by atoms with Crippen molar-refractivity contribution < 1.29 is 28.8 Å². The fourth-order valence-electron chi connectivity index (χ4n) is 3.21. The lowest BCUT2D eigenvalue weighted by molar-refractivity contribution is -0.385. The Hall–Kier alpha value is -4.52. The molecule has 4 rings (SSSR count). The zero-order valence-electron chi connectivity index (χ0n) is 17.7. The van der Waals surface area contributed by atoms with Crippen molar-refractivity contribution in [2.24, 2.45) is 0 Å². The lowest BCUT2D eigenvalue weighted by Gasteiger charge is -2.08. The van der Waals surface area contributed by atoms with Gasteiger partial charge in [0.25, 0.3) is 23.4 Å². The molecule has 3 aromatic rings. The molecule has 12 nitrogen and oxygen atoms in total. The fourth-order valence-corrected chi connectivity index (χ4v) is 3.90. The molecular formula is C21H15N5O7S. The number of nitrogens with zero attached hydrogens (tertiary/aromatic N) is 4. The van der Waals surface area contributed by atoms with E-state index in [0.717, 1.165) is 16.2 Å². The van der Waals surface area contributed by atoms with E-state index < -0.39 is 35.2 Å². The van der Waals surface area contributed by atoms with Gasteiger partial charge in [0.2, 0.25) is 5.13 Å². The van der Waals surface area contributed by atoms with Crippen LogP contribution in [0.4, 0.5) is 16.5 Å². The molecular weight excluding hydrogens is 466 g/mol. The van der Waals surface area contributed by atoms with Crippen molar-refractivity contribution in [3.8, 4) is 0 Å². The Balaban J connectivity index is 1.42. The Labute approximate surface area is 195 Å². The van der Waals surface area contributed by atoms with Gasteiger partial charge in [-0.25, -0.2) is 9.69 Å². The Morgan fingerprint density at radius 3 is 2.50 bits per heavy atom. The number of nitro benzene ring substituents is 1. The van der Waals surface area contributed by atoms with Gasteiger partial charge in [-0.15, -0.1) is 10.2 Å². The van der Waals surface area contributed by atoms with Crippen LogP contribution in [-0.2, 0) is 9.53 Å². The first-order valence-corrected chi connectivity index (χ1v) is 10.5. The molecule has 0 unspecified atom stereocenters. The molecule has 1 aliphatic heterocycles. The number of nitro groups is 1. The molecule has 13 heteroatoms. The van der Waals surface area contributed by atoms with Crippen LogP contribution in [0.3, 0.4) is 0 Å². The first-order chi connectivity index (χ1) is 16.2. The third-order valence-corrected chi connectivity index (χ3v) is 5.68. The highest BCUT2D eigenvalue weighted by molar-refractivity contribution is 7.15. The Kier molecular flexibility index (Phi) is 5.86. The number of carbonyl (C=O) groups excluding carboxylic acids is 4. The molecule has 1 aromatic heterocycles. The van der Waals surface area contributed by atoms with Crippen LogP contribution in [0.5, 0.6) is 0 Å². The summed E-state index contributed by atoms with van der Waals surface area (Å²) in [5.41, 5.74) is 0.515. The normalized spacial score (nSPS) is 12.5. The Bertz CT molecular complexity index is 1380. The third-order valence-electron chi connectivity index (χ3n) is 4.85. The number of fused-ring (bicyclic) bond motifs is 1. The molecule has 0 radical (unpaired) electrons. The highest BCUT2D eigenvalue weighted by Crippen LogP contribution is 2.31. The molecule has 172 valence electrons. The van der Waals surface area contributed by atoms with Crippen LogP contribution in [0.2, 0.25) is 0 Å². The summed E-state index contributed by atoms with van der Waals surface area (Å²) in [6.45, 7) is 2.58. The minimum Gasteiger partial charge on any atom is -0.452 e. The number of hydrogen-bond donors (Lipinski definition) is 1. The smallest absolute Gasteiger partial charge is 0.338 e. The van der Waals surface area contributed by atoms with Crippen LogP contribution in [0.15, 0.2) is 36.4 Å². The highest BCUT2D eigenvalue weighted by atomic mass is 32.1. The number of hydrogen-bond acceptors (Lipinski definition) is 10. The first-order valence-electron chi connectivity index (χ1n) is 9.70. The maximum Gasteiger partial charge on any atom is 0.338 e. The van der Waals surface area contributed by atoms with Gasteiger partial charge in [0, 0.05) is 17.3 Å². The summed E-state index contributed by atoms with van der Waals surface area (Å²) >= 11 is 1.08. The standard InChI is InChI=1S/C21H15N5O7S/c1-10-3-5-13(8-16(10)26(31)32)22-17(27)9-33-20(30)12-4-6-14-15(7-12)19(29)25(18(14)28)21-24-23-11(2)34-21/h3-8H,9H2,1-2H3,(H,22,27). The summed E-state index contributed by atoms with van der Waals surface area (Å²) in [5.74, 6) is -2.83. The van der Waals surface area contributed by atoms with E-state index in [-0.39, 0.29) is 33.2 Å². The lowest BCUT2D eigenvalue weighted by atomic mass is 10.1. The molecule has 0 fully saturated rings. The van der Waals surface area contributed by atoms with Gasteiger partial charge in [0.15, 0.2) is 6.61 Å². The van der Waals surface area contributed by atoms with E-state index in [1.165, 1.54) is 36.4 Å². The number of benzene rings is 2. The molecule has 0 atom stereocenters. The minimum atomic E-state index is -0.890. The molecule has 1 aliphatic rings. The van der Waals surface area contributed by atoms with E-state index in [9.17, 15) is 29.3 Å². The summed E-state index contributed by atoms with van der Waals surface area (Å²) in [5, 5.41) is 21.8. The van der Waals surface area contributed by atoms with Gasteiger partial charge < -0.3 is 10.1 Å². The van der Waals surface area contributed by atoms with E-state index in [1.54, 1.807) is 13.8 Å². The van der Waals surface area contributed by atoms with Crippen molar-refractivity contribution in [1.82, 2.24) is 10.2 Å². The van der Waals surface area contributed by atoms with Crippen LogP contribution in [0, 0.1) is 24.0 Å². The fraction of sp³-hybridized carbons (Fsp3) is 0.143. The summed E-state index contributed by atoms with van der Waals surface area (Å²) in [6.07, 6.45) is 0. The monoisotopic (exact) mass is 481 g/mol. The Morgan fingerprint density at radius 2 is 1.82 bits per heavy atom. The van der Waals surface area contributed by atoms with Gasteiger partial charge in [-0.2, -0.15) is 0 Å². The van der Waals surface area contributed by atoms with E-state index in [4.69, 9.17) is 4.74 Å². The van der Waals surface area contributed by atoms with Crippen molar-refractivity contribution in [3.05, 3.63) is 73.8 Å². The molecule has 2 heterocycles. The van der Waals surface area contributed by atoms with Crippen LogP contribution in [-0.4, -0.2) is 45.4 Å². The molecule has 0 spiro atoms. The molecule has 1 N–H and O–H groups in total. The van der Waals surface area contributed by atoms with Crippen molar-refractivity contribution in [1.29, 1.82) is 0 Å². The van der Waals surface area contributed by atoms with Gasteiger partial charge in [-0.05, 0) is 38.1 Å². The topological polar surface area (TPSA) is 162 Å². The minimum absolute atomic E-state index is 0.00344. The summed E-state index contributed by atoms with van der Waals surface area (Å²) in [4.78, 5) is 61.2. The molecule has 3 amide bonds. The van der Waals surface area contributed by atoms with Crippen molar-refractivity contribution in [3.63, 3.8) is 0 Å². The van der Waals surface area contributed by atoms with Gasteiger partial charge >= 0.3 is 5.97 Å². The zero-order valence-corrected chi connectivity index (χ0v) is 18.5. The van der Waals surface area contributed by atoms with Gasteiger partial charge in [0.1, 0.15) is 5.01 Å². The van der Waals surface area contributed by atoms with Crippen LogP contribution >= 0.6 is 11.3 Å². The second-order valence-electron chi connectivity index (χ2n) is 7.19. The quantitative estimate of drug-likeness (QED) is 0.241. The summed E-state index contributed by atoms with van der Waals surface area (Å²) < 4.78 is 4.99. The van der Waals surface area contributed by atoms with Crippen LogP contribution < -0.4 is 10.2 Å².